The van der Waals surface area contributed by atoms with Gasteiger partial charge in [0, 0.05) is 10.4 Å². The van der Waals surface area contributed by atoms with Crippen molar-refractivity contribution in [2.24, 2.45) is 0 Å². The van der Waals surface area contributed by atoms with Crippen LogP contribution in [-0.2, 0) is 9.84 Å². The quantitative estimate of drug-likeness (QED) is 0.728. The van der Waals surface area contributed by atoms with Crippen molar-refractivity contribution in [2.75, 3.05) is 0 Å². The fraction of sp³-hybridized carbons (Fsp3) is 0. The molecule has 22 heavy (non-hydrogen) atoms. The molecule has 108 valence electrons. The molecule has 3 aromatic rings. The molecule has 0 N–H and O–H groups in total. The fourth-order valence-corrected chi connectivity index (χ4v) is 4.89. The van der Waals surface area contributed by atoms with Gasteiger partial charge in [0.05, 0.1) is 16.5 Å². The molecule has 0 bridgehead atoms. The number of nitriles is 1. The first-order chi connectivity index (χ1) is 10.6. The number of rotatable bonds is 3. The summed E-state index contributed by atoms with van der Waals surface area (Å²) in [5.74, 6) is 0. The van der Waals surface area contributed by atoms with E-state index in [1.807, 2.05) is 12.1 Å². The first-order valence-corrected chi connectivity index (χ1v) is 8.82. The van der Waals surface area contributed by atoms with E-state index in [4.69, 9.17) is 5.26 Å². The maximum Gasteiger partial charge on any atom is 0.215 e. The Labute approximate surface area is 133 Å². The van der Waals surface area contributed by atoms with Crippen LogP contribution < -0.4 is 0 Å². The Morgan fingerprint density at radius 2 is 1.55 bits per heavy atom. The van der Waals surface area contributed by atoms with Crippen molar-refractivity contribution in [1.29, 1.82) is 5.26 Å². The van der Waals surface area contributed by atoms with Gasteiger partial charge in [-0.05, 0) is 30.3 Å². The maximum atomic E-state index is 12.6. The first-order valence-electron chi connectivity index (χ1n) is 6.52. The van der Waals surface area contributed by atoms with Gasteiger partial charge in [0.1, 0.15) is 4.21 Å². The zero-order chi connectivity index (χ0) is 15.6. The van der Waals surface area contributed by atoms with Crippen LogP contribution in [0.5, 0.6) is 0 Å². The van der Waals surface area contributed by atoms with Crippen LogP contribution in [0.2, 0.25) is 0 Å². The summed E-state index contributed by atoms with van der Waals surface area (Å²) in [6.45, 7) is 0. The lowest BCUT2D eigenvalue weighted by atomic mass is 10.1. The molecule has 1 heterocycles. The second-order valence-corrected chi connectivity index (χ2v) is 7.85. The number of hydrogen-bond donors (Lipinski definition) is 0. The molecule has 0 aliphatic heterocycles. The van der Waals surface area contributed by atoms with Gasteiger partial charge >= 0.3 is 0 Å². The summed E-state index contributed by atoms with van der Waals surface area (Å²) in [7, 11) is -3.51. The second-order valence-electron chi connectivity index (χ2n) is 4.59. The predicted molar refractivity (Wildman–Crippen MR) is 86.4 cm³/mol. The van der Waals surface area contributed by atoms with Gasteiger partial charge in [0.2, 0.25) is 9.84 Å². The third-order valence-electron chi connectivity index (χ3n) is 3.21. The Morgan fingerprint density at radius 1 is 0.864 bits per heavy atom. The molecule has 0 spiro atoms. The molecule has 0 amide bonds. The smallest absolute Gasteiger partial charge is 0.215 e. The zero-order valence-electron chi connectivity index (χ0n) is 11.4. The first kappa shape index (κ1) is 14.5. The average molecular weight is 325 g/mol. The van der Waals surface area contributed by atoms with E-state index in [1.165, 1.54) is 11.3 Å². The van der Waals surface area contributed by atoms with Crippen molar-refractivity contribution in [3.8, 4) is 16.5 Å². The Balaban J connectivity index is 2.07. The van der Waals surface area contributed by atoms with Gasteiger partial charge in [-0.2, -0.15) is 5.26 Å². The van der Waals surface area contributed by atoms with Crippen LogP contribution in [0.15, 0.2) is 75.8 Å². The summed E-state index contributed by atoms with van der Waals surface area (Å²) in [5.41, 5.74) is 1.29. The van der Waals surface area contributed by atoms with Gasteiger partial charge < -0.3 is 0 Å². The molecule has 0 atom stereocenters. The third-order valence-corrected chi connectivity index (χ3v) is 6.59. The fourth-order valence-electron chi connectivity index (χ4n) is 2.12. The summed E-state index contributed by atoms with van der Waals surface area (Å²) < 4.78 is 25.4. The molecule has 3 nitrogen and oxygen atoms in total. The highest BCUT2D eigenvalue weighted by Gasteiger charge is 2.20. The van der Waals surface area contributed by atoms with Crippen molar-refractivity contribution in [3.63, 3.8) is 0 Å². The van der Waals surface area contributed by atoms with Crippen LogP contribution in [0.1, 0.15) is 5.56 Å². The highest BCUT2D eigenvalue weighted by molar-refractivity contribution is 7.93. The lowest BCUT2D eigenvalue weighted by Crippen LogP contribution is -1.98. The van der Waals surface area contributed by atoms with Crippen molar-refractivity contribution >= 4 is 21.2 Å². The van der Waals surface area contributed by atoms with Crippen LogP contribution in [0.3, 0.4) is 0 Å². The molecule has 0 aliphatic rings. The Morgan fingerprint density at radius 3 is 2.27 bits per heavy atom. The molecular formula is C17H11NO2S2. The topological polar surface area (TPSA) is 57.9 Å². The monoisotopic (exact) mass is 325 g/mol. The van der Waals surface area contributed by atoms with Gasteiger partial charge in [-0.25, -0.2) is 8.42 Å². The minimum Gasteiger partial charge on any atom is -0.218 e. The van der Waals surface area contributed by atoms with E-state index in [0.29, 0.717) is 5.56 Å². The highest BCUT2D eigenvalue weighted by Crippen LogP contribution is 2.35. The molecule has 0 aliphatic carbocycles. The van der Waals surface area contributed by atoms with Gasteiger partial charge in [-0.1, -0.05) is 36.4 Å². The Kier molecular flexibility index (Phi) is 3.80. The summed E-state index contributed by atoms with van der Waals surface area (Å²) in [4.78, 5) is 1.05. The summed E-state index contributed by atoms with van der Waals surface area (Å²) in [6, 6.07) is 21.0. The van der Waals surface area contributed by atoms with E-state index in [1.54, 1.807) is 54.6 Å². The van der Waals surface area contributed by atoms with Gasteiger partial charge in [-0.15, -0.1) is 11.3 Å². The van der Waals surface area contributed by atoms with Crippen molar-refractivity contribution in [3.05, 3.63) is 72.3 Å². The van der Waals surface area contributed by atoms with E-state index in [0.717, 1.165) is 10.4 Å². The largest absolute Gasteiger partial charge is 0.218 e. The SMILES string of the molecule is N#Cc1ccccc1-c1ccc(S(=O)(=O)c2ccccc2)s1. The lowest BCUT2D eigenvalue weighted by molar-refractivity contribution is 0.598. The van der Waals surface area contributed by atoms with E-state index < -0.39 is 9.84 Å². The van der Waals surface area contributed by atoms with Crippen molar-refractivity contribution < 1.29 is 8.42 Å². The Hall–Kier alpha value is -2.42. The molecule has 0 radical (unpaired) electrons. The standard InChI is InChI=1S/C17H11NO2S2/c18-12-13-6-4-5-9-15(13)16-10-11-17(21-16)22(19,20)14-7-2-1-3-8-14/h1-11H. The average Bonchev–Trinajstić information content (AvgIpc) is 3.06. The molecule has 1 aromatic heterocycles. The minimum atomic E-state index is -3.51. The van der Waals surface area contributed by atoms with E-state index in [2.05, 4.69) is 6.07 Å². The van der Waals surface area contributed by atoms with Crippen molar-refractivity contribution in [2.45, 2.75) is 9.10 Å². The maximum absolute atomic E-state index is 12.6. The van der Waals surface area contributed by atoms with Gasteiger partial charge in [-0.3, -0.25) is 0 Å². The number of nitrogens with zero attached hydrogens (tertiary/aromatic N) is 1. The summed E-state index contributed by atoms with van der Waals surface area (Å²) in [5, 5.41) is 9.16. The number of hydrogen-bond acceptors (Lipinski definition) is 4. The number of thiophene rings is 1. The molecule has 3 rings (SSSR count). The number of benzene rings is 2. The van der Waals surface area contributed by atoms with Crippen molar-refractivity contribution in [1.82, 2.24) is 0 Å². The second kappa shape index (κ2) is 5.76. The van der Waals surface area contributed by atoms with Crippen LogP contribution in [0.4, 0.5) is 0 Å². The summed E-state index contributed by atoms with van der Waals surface area (Å²) in [6.07, 6.45) is 0. The van der Waals surface area contributed by atoms with Crippen LogP contribution in [0.25, 0.3) is 10.4 Å². The van der Waals surface area contributed by atoms with E-state index in [-0.39, 0.29) is 9.10 Å². The molecule has 0 saturated carbocycles. The molecule has 0 saturated heterocycles. The molecular weight excluding hydrogens is 314 g/mol. The molecule has 0 unspecified atom stereocenters. The third kappa shape index (κ3) is 2.54. The minimum absolute atomic E-state index is 0.275. The predicted octanol–water partition coefficient (Wildman–Crippen LogP) is 4.12. The van der Waals surface area contributed by atoms with Crippen LogP contribution >= 0.6 is 11.3 Å². The molecule has 0 fully saturated rings. The lowest BCUT2D eigenvalue weighted by Gasteiger charge is -2.01. The van der Waals surface area contributed by atoms with E-state index >= 15 is 0 Å². The normalized spacial score (nSPS) is 11.0. The number of sulfone groups is 1. The summed E-state index contributed by atoms with van der Waals surface area (Å²) >= 11 is 1.18. The molecule has 2 aromatic carbocycles. The van der Waals surface area contributed by atoms with Gasteiger partial charge in [0.15, 0.2) is 0 Å². The Bertz CT molecular complexity index is 952. The van der Waals surface area contributed by atoms with Gasteiger partial charge in [0.25, 0.3) is 0 Å². The molecule has 5 heteroatoms. The van der Waals surface area contributed by atoms with Crippen LogP contribution in [0, 0.1) is 11.3 Å². The van der Waals surface area contributed by atoms with E-state index in [9.17, 15) is 8.42 Å². The zero-order valence-corrected chi connectivity index (χ0v) is 13.1. The highest BCUT2D eigenvalue weighted by atomic mass is 32.2. The van der Waals surface area contributed by atoms with Crippen LogP contribution in [-0.4, -0.2) is 8.42 Å².